The van der Waals surface area contributed by atoms with Crippen LogP contribution in [0.15, 0.2) is 53.3 Å². The Labute approximate surface area is 107 Å². The van der Waals surface area contributed by atoms with E-state index in [0.717, 1.165) is 0 Å². The normalized spacial score (nSPS) is 10.8. The van der Waals surface area contributed by atoms with Crippen molar-refractivity contribution >= 4 is 10.8 Å². The summed E-state index contributed by atoms with van der Waals surface area (Å²) in [5.74, 6) is -0.749. The van der Waals surface area contributed by atoms with Crippen molar-refractivity contribution in [3.63, 3.8) is 0 Å². The SMILES string of the molecule is O=c1[nH]c(-c2ccc(F)cc2)cc2cc(F)ccc12. The van der Waals surface area contributed by atoms with Crippen LogP contribution in [-0.4, -0.2) is 4.98 Å². The van der Waals surface area contributed by atoms with Crippen molar-refractivity contribution in [2.45, 2.75) is 0 Å². The molecule has 0 fully saturated rings. The van der Waals surface area contributed by atoms with Gasteiger partial charge in [-0.25, -0.2) is 8.78 Å². The lowest BCUT2D eigenvalue weighted by molar-refractivity contribution is 0.628. The van der Waals surface area contributed by atoms with Gasteiger partial charge >= 0.3 is 0 Å². The first-order valence-corrected chi connectivity index (χ1v) is 5.72. The van der Waals surface area contributed by atoms with Gasteiger partial charge in [0.15, 0.2) is 0 Å². The van der Waals surface area contributed by atoms with Crippen LogP contribution in [0.4, 0.5) is 8.78 Å². The van der Waals surface area contributed by atoms with Crippen LogP contribution in [0.5, 0.6) is 0 Å². The topological polar surface area (TPSA) is 32.9 Å². The monoisotopic (exact) mass is 257 g/mol. The van der Waals surface area contributed by atoms with Gasteiger partial charge in [0, 0.05) is 11.1 Å². The molecule has 94 valence electrons. The lowest BCUT2D eigenvalue weighted by Gasteiger charge is -2.04. The molecule has 1 N–H and O–H groups in total. The molecule has 0 saturated heterocycles. The molecule has 3 aromatic rings. The van der Waals surface area contributed by atoms with Gasteiger partial charge in [0.25, 0.3) is 5.56 Å². The van der Waals surface area contributed by atoms with E-state index in [2.05, 4.69) is 4.98 Å². The van der Waals surface area contributed by atoms with Crippen molar-refractivity contribution in [3.05, 3.63) is 70.5 Å². The second-order valence-electron chi connectivity index (χ2n) is 4.25. The number of hydrogen-bond acceptors (Lipinski definition) is 1. The average molecular weight is 257 g/mol. The maximum atomic E-state index is 13.2. The Morgan fingerprint density at radius 1 is 0.842 bits per heavy atom. The van der Waals surface area contributed by atoms with Gasteiger partial charge in [-0.05, 0) is 59.5 Å². The van der Waals surface area contributed by atoms with Gasteiger partial charge in [0.2, 0.25) is 0 Å². The van der Waals surface area contributed by atoms with Gasteiger partial charge in [-0.1, -0.05) is 0 Å². The van der Waals surface area contributed by atoms with Crippen LogP contribution in [0.1, 0.15) is 0 Å². The van der Waals surface area contributed by atoms with Crippen LogP contribution >= 0.6 is 0 Å². The van der Waals surface area contributed by atoms with Gasteiger partial charge in [-0.3, -0.25) is 4.79 Å². The zero-order valence-electron chi connectivity index (χ0n) is 9.78. The highest BCUT2D eigenvalue weighted by Crippen LogP contribution is 2.20. The summed E-state index contributed by atoms with van der Waals surface area (Å²) < 4.78 is 26.1. The van der Waals surface area contributed by atoms with Gasteiger partial charge in [0.05, 0.1) is 0 Å². The Morgan fingerprint density at radius 2 is 1.53 bits per heavy atom. The second-order valence-corrected chi connectivity index (χ2v) is 4.25. The molecule has 0 amide bonds. The summed E-state index contributed by atoms with van der Waals surface area (Å²) in [6.45, 7) is 0. The smallest absolute Gasteiger partial charge is 0.256 e. The molecule has 0 aliphatic rings. The zero-order chi connectivity index (χ0) is 13.4. The molecule has 2 aromatic carbocycles. The van der Waals surface area contributed by atoms with E-state index in [9.17, 15) is 13.6 Å². The molecule has 2 nitrogen and oxygen atoms in total. The first kappa shape index (κ1) is 11.6. The maximum absolute atomic E-state index is 13.2. The fraction of sp³-hybridized carbons (Fsp3) is 0. The molecule has 1 heterocycles. The van der Waals surface area contributed by atoms with Crippen LogP contribution in [0.3, 0.4) is 0 Å². The summed E-state index contributed by atoms with van der Waals surface area (Å²) in [7, 11) is 0. The van der Waals surface area contributed by atoms with Crippen LogP contribution in [0, 0.1) is 11.6 Å². The van der Waals surface area contributed by atoms with E-state index in [1.54, 1.807) is 18.2 Å². The largest absolute Gasteiger partial charge is 0.321 e. The second kappa shape index (κ2) is 4.31. The number of hydrogen-bond donors (Lipinski definition) is 1. The van der Waals surface area contributed by atoms with E-state index >= 15 is 0 Å². The lowest BCUT2D eigenvalue weighted by Crippen LogP contribution is -2.07. The first-order valence-electron chi connectivity index (χ1n) is 5.72. The van der Waals surface area contributed by atoms with E-state index in [-0.39, 0.29) is 11.4 Å². The quantitative estimate of drug-likeness (QED) is 0.711. The van der Waals surface area contributed by atoms with Gasteiger partial charge in [0.1, 0.15) is 11.6 Å². The van der Waals surface area contributed by atoms with Crippen molar-refractivity contribution in [2.24, 2.45) is 0 Å². The Hall–Kier alpha value is -2.49. The fourth-order valence-corrected chi connectivity index (χ4v) is 2.03. The summed E-state index contributed by atoms with van der Waals surface area (Å²) in [6.07, 6.45) is 0. The highest BCUT2D eigenvalue weighted by molar-refractivity contribution is 5.85. The molecule has 0 spiro atoms. The predicted octanol–water partition coefficient (Wildman–Crippen LogP) is 3.47. The number of halogens is 2. The van der Waals surface area contributed by atoms with Crippen molar-refractivity contribution in [1.29, 1.82) is 0 Å². The third kappa shape index (κ3) is 2.12. The van der Waals surface area contributed by atoms with Crippen LogP contribution in [0.25, 0.3) is 22.0 Å². The molecule has 0 aliphatic heterocycles. The average Bonchev–Trinajstić information content (AvgIpc) is 2.38. The number of benzene rings is 2. The van der Waals surface area contributed by atoms with Gasteiger partial charge in [-0.15, -0.1) is 0 Å². The summed E-state index contributed by atoms with van der Waals surface area (Å²) in [4.78, 5) is 14.6. The minimum absolute atomic E-state index is 0.295. The number of fused-ring (bicyclic) bond motifs is 1. The third-order valence-electron chi connectivity index (χ3n) is 2.96. The highest BCUT2D eigenvalue weighted by Gasteiger charge is 2.05. The number of H-pyrrole nitrogens is 1. The Kier molecular flexibility index (Phi) is 2.63. The summed E-state index contributed by atoms with van der Waals surface area (Å²) in [5, 5.41) is 0.940. The van der Waals surface area contributed by atoms with Crippen LogP contribution < -0.4 is 5.56 Å². The Balaban J connectivity index is 2.25. The number of pyridine rings is 1. The number of aromatic nitrogens is 1. The molecular formula is C15H9F2NO. The molecule has 4 heteroatoms. The van der Waals surface area contributed by atoms with E-state index < -0.39 is 5.82 Å². The first-order chi connectivity index (χ1) is 9.13. The van der Waals surface area contributed by atoms with Gasteiger partial charge in [-0.2, -0.15) is 0 Å². The fourth-order valence-electron chi connectivity index (χ4n) is 2.03. The molecule has 0 radical (unpaired) electrons. The van der Waals surface area contributed by atoms with E-state index in [1.165, 1.54) is 30.3 Å². The molecule has 0 atom stereocenters. The Bertz CT molecular complexity index is 806. The lowest BCUT2D eigenvalue weighted by atomic mass is 10.1. The minimum Gasteiger partial charge on any atom is -0.321 e. The van der Waals surface area contributed by atoms with E-state index in [0.29, 0.717) is 22.0 Å². The standard InChI is InChI=1S/C15H9F2NO/c16-11-3-1-9(2-4-11)14-8-10-7-12(17)5-6-13(10)15(19)18-14/h1-8H,(H,18,19). The maximum Gasteiger partial charge on any atom is 0.256 e. The predicted molar refractivity (Wildman–Crippen MR) is 69.9 cm³/mol. The van der Waals surface area contributed by atoms with Crippen LogP contribution in [0.2, 0.25) is 0 Å². The highest BCUT2D eigenvalue weighted by atomic mass is 19.1. The third-order valence-corrected chi connectivity index (χ3v) is 2.96. The molecule has 3 rings (SSSR count). The molecule has 0 unspecified atom stereocenters. The zero-order valence-corrected chi connectivity index (χ0v) is 9.78. The van der Waals surface area contributed by atoms with Crippen molar-refractivity contribution < 1.29 is 8.78 Å². The number of nitrogens with one attached hydrogen (secondary N) is 1. The summed E-state index contributed by atoms with van der Waals surface area (Å²) >= 11 is 0. The number of aromatic amines is 1. The van der Waals surface area contributed by atoms with Gasteiger partial charge < -0.3 is 4.98 Å². The minimum atomic E-state index is -0.400. The van der Waals surface area contributed by atoms with Crippen molar-refractivity contribution in [2.75, 3.05) is 0 Å². The Morgan fingerprint density at radius 3 is 2.26 bits per heavy atom. The molecular weight excluding hydrogens is 248 g/mol. The molecule has 0 saturated carbocycles. The molecule has 0 aliphatic carbocycles. The number of rotatable bonds is 1. The molecule has 0 bridgehead atoms. The van der Waals surface area contributed by atoms with Crippen molar-refractivity contribution in [1.82, 2.24) is 4.98 Å². The molecule has 19 heavy (non-hydrogen) atoms. The molecule has 1 aromatic heterocycles. The van der Waals surface area contributed by atoms with Crippen molar-refractivity contribution in [3.8, 4) is 11.3 Å². The summed E-state index contributed by atoms with van der Waals surface area (Å²) in [6, 6.07) is 11.4. The van der Waals surface area contributed by atoms with E-state index in [4.69, 9.17) is 0 Å². The summed E-state index contributed by atoms with van der Waals surface area (Å²) in [5.41, 5.74) is 0.907. The van der Waals surface area contributed by atoms with Crippen LogP contribution in [-0.2, 0) is 0 Å². The van der Waals surface area contributed by atoms with E-state index in [1.807, 2.05) is 0 Å².